The summed E-state index contributed by atoms with van der Waals surface area (Å²) in [7, 11) is 1.61. The van der Waals surface area contributed by atoms with E-state index in [0.29, 0.717) is 13.0 Å². The largest absolute Gasteiger partial charge is 0.497 e. The van der Waals surface area contributed by atoms with E-state index in [1.807, 2.05) is 48.5 Å². The summed E-state index contributed by atoms with van der Waals surface area (Å²) in [6, 6.07) is 15.0. The van der Waals surface area contributed by atoms with Gasteiger partial charge in [-0.2, -0.15) is 0 Å². The van der Waals surface area contributed by atoms with Crippen molar-refractivity contribution < 1.29 is 19.1 Å². The molecule has 0 unspecified atom stereocenters. The molecule has 2 aromatic rings. The molecule has 0 radical (unpaired) electrons. The van der Waals surface area contributed by atoms with Crippen molar-refractivity contribution >= 4 is 12.0 Å². The van der Waals surface area contributed by atoms with Gasteiger partial charge in [-0.1, -0.05) is 36.4 Å². The summed E-state index contributed by atoms with van der Waals surface area (Å²) in [6.45, 7) is 0.469. The van der Waals surface area contributed by atoms with Gasteiger partial charge < -0.3 is 9.47 Å². The van der Waals surface area contributed by atoms with Gasteiger partial charge in [-0.05, 0) is 35.2 Å². The molecular weight excluding hydrogens is 306 g/mol. The van der Waals surface area contributed by atoms with Crippen LogP contribution in [0.3, 0.4) is 0 Å². The number of fused-ring (bicyclic) bond motifs is 1. The molecule has 0 fully saturated rings. The summed E-state index contributed by atoms with van der Waals surface area (Å²) in [5, 5.41) is 0. The minimum Gasteiger partial charge on any atom is -0.497 e. The van der Waals surface area contributed by atoms with Crippen LogP contribution in [0.1, 0.15) is 16.7 Å². The number of benzene rings is 2. The minimum atomic E-state index is -0.594. The van der Waals surface area contributed by atoms with Crippen LogP contribution >= 0.6 is 0 Å². The van der Waals surface area contributed by atoms with Crippen LogP contribution in [-0.2, 0) is 29.0 Å². The molecule has 24 heavy (non-hydrogen) atoms. The van der Waals surface area contributed by atoms with Gasteiger partial charge in [-0.25, -0.2) is 9.69 Å². The zero-order valence-corrected chi connectivity index (χ0v) is 13.5. The fourth-order valence-corrected chi connectivity index (χ4v) is 2.74. The van der Waals surface area contributed by atoms with Crippen molar-refractivity contribution in [3.8, 4) is 5.75 Å². The van der Waals surface area contributed by atoms with Gasteiger partial charge in [0.15, 0.2) is 0 Å². The molecule has 0 aromatic heterocycles. The molecule has 3 rings (SSSR count). The number of carbonyl (C=O) groups is 2. The van der Waals surface area contributed by atoms with E-state index in [1.54, 1.807) is 7.11 Å². The minimum absolute atomic E-state index is 0.157. The molecule has 5 heteroatoms. The third-order valence-corrected chi connectivity index (χ3v) is 4.09. The van der Waals surface area contributed by atoms with Gasteiger partial charge in [0.1, 0.15) is 12.4 Å². The number of methoxy groups -OCH3 is 1. The molecule has 1 heterocycles. The lowest BCUT2D eigenvalue weighted by Crippen LogP contribution is -2.38. The lowest BCUT2D eigenvalue weighted by atomic mass is 10.0. The number of hydrogen-bond acceptors (Lipinski definition) is 4. The fourth-order valence-electron chi connectivity index (χ4n) is 2.74. The molecule has 0 aliphatic carbocycles. The summed E-state index contributed by atoms with van der Waals surface area (Å²) >= 11 is 0. The van der Waals surface area contributed by atoms with Crippen LogP contribution in [0, 0.1) is 0 Å². The van der Waals surface area contributed by atoms with E-state index < -0.39 is 6.09 Å². The van der Waals surface area contributed by atoms with Gasteiger partial charge >= 0.3 is 6.09 Å². The van der Waals surface area contributed by atoms with Gasteiger partial charge in [0.05, 0.1) is 13.5 Å². The van der Waals surface area contributed by atoms with Crippen LogP contribution in [0.2, 0.25) is 0 Å². The highest BCUT2D eigenvalue weighted by molar-refractivity contribution is 5.93. The Bertz CT molecular complexity index is 742. The predicted molar refractivity (Wildman–Crippen MR) is 88.7 cm³/mol. The first kappa shape index (κ1) is 16.1. The van der Waals surface area contributed by atoms with Crippen molar-refractivity contribution in [1.29, 1.82) is 0 Å². The maximum absolute atomic E-state index is 12.4. The number of nitrogens with zero attached hydrogens (tertiary/aromatic N) is 1. The number of ether oxygens (including phenoxy) is 2. The summed E-state index contributed by atoms with van der Waals surface area (Å²) in [6.07, 6.45) is 0.196. The molecule has 0 spiro atoms. The first-order chi connectivity index (χ1) is 11.7. The van der Waals surface area contributed by atoms with Crippen LogP contribution in [0.5, 0.6) is 5.75 Å². The Labute approximate surface area is 140 Å². The normalized spacial score (nSPS) is 13.9. The molecule has 1 aliphatic heterocycles. The molecule has 2 aromatic carbocycles. The molecule has 2 amide bonds. The Kier molecular flexibility index (Phi) is 4.79. The molecule has 1 aliphatic rings. The maximum atomic E-state index is 12.4. The number of imide groups is 1. The van der Waals surface area contributed by atoms with Crippen LogP contribution in [-0.4, -0.2) is 30.6 Å². The smallest absolute Gasteiger partial charge is 0.416 e. The van der Waals surface area contributed by atoms with E-state index in [2.05, 4.69) is 0 Å². The van der Waals surface area contributed by atoms with Crippen molar-refractivity contribution in [2.75, 3.05) is 13.7 Å². The molecule has 0 bridgehead atoms. The lowest BCUT2D eigenvalue weighted by molar-refractivity contribution is -0.128. The number of hydrogen-bond donors (Lipinski definition) is 0. The molecule has 0 saturated carbocycles. The SMILES string of the molecule is COc1ccc2c(c1)CCN(C(=O)OCc1ccccc1)C(=O)C2. The summed E-state index contributed by atoms with van der Waals surface area (Å²) < 4.78 is 10.5. The summed E-state index contributed by atoms with van der Waals surface area (Å²) in [5.74, 6) is 0.512. The quantitative estimate of drug-likeness (QED) is 0.870. The van der Waals surface area contributed by atoms with Gasteiger partial charge in [0.25, 0.3) is 0 Å². The Morgan fingerprint density at radius 3 is 2.67 bits per heavy atom. The van der Waals surface area contributed by atoms with Gasteiger partial charge in [-0.3, -0.25) is 4.79 Å². The second-order valence-electron chi connectivity index (χ2n) is 5.65. The van der Waals surface area contributed by atoms with Crippen molar-refractivity contribution in [1.82, 2.24) is 4.90 Å². The van der Waals surface area contributed by atoms with E-state index in [4.69, 9.17) is 9.47 Å². The molecule has 0 N–H and O–H groups in total. The van der Waals surface area contributed by atoms with Gasteiger partial charge in [0.2, 0.25) is 5.91 Å². The lowest BCUT2D eigenvalue weighted by Gasteiger charge is -2.18. The van der Waals surface area contributed by atoms with Gasteiger partial charge in [-0.15, -0.1) is 0 Å². The highest BCUT2D eigenvalue weighted by Crippen LogP contribution is 2.22. The highest BCUT2D eigenvalue weighted by atomic mass is 16.6. The van der Waals surface area contributed by atoms with Crippen LogP contribution in [0.15, 0.2) is 48.5 Å². The van der Waals surface area contributed by atoms with E-state index in [-0.39, 0.29) is 18.9 Å². The van der Waals surface area contributed by atoms with Crippen molar-refractivity contribution in [2.24, 2.45) is 0 Å². The van der Waals surface area contributed by atoms with Crippen LogP contribution < -0.4 is 4.74 Å². The maximum Gasteiger partial charge on any atom is 0.416 e. The third-order valence-electron chi connectivity index (χ3n) is 4.09. The Balaban J connectivity index is 1.67. The van der Waals surface area contributed by atoms with E-state index >= 15 is 0 Å². The second-order valence-corrected chi connectivity index (χ2v) is 5.65. The summed E-state index contributed by atoms with van der Waals surface area (Å²) in [4.78, 5) is 25.8. The van der Waals surface area contributed by atoms with Crippen molar-refractivity contribution in [3.63, 3.8) is 0 Å². The Hall–Kier alpha value is -2.82. The molecule has 0 atom stereocenters. The van der Waals surface area contributed by atoms with E-state index in [0.717, 1.165) is 22.4 Å². The number of amides is 2. The molecular formula is C19H19NO4. The number of rotatable bonds is 3. The first-order valence-electron chi connectivity index (χ1n) is 7.84. The zero-order valence-electron chi connectivity index (χ0n) is 13.5. The monoisotopic (exact) mass is 325 g/mol. The predicted octanol–water partition coefficient (Wildman–Crippen LogP) is 2.96. The topological polar surface area (TPSA) is 55.8 Å². The fraction of sp³-hybridized carbons (Fsp3) is 0.263. The van der Waals surface area contributed by atoms with Crippen LogP contribution in [0.25, 0.3) is 0 Å². The van der Waals surface area contributed by atoms with Crippen molar-refractivity contribution in [2.45, 2.75) is 19.4 Å². The molecule has 124 valence electrons. The standard InChI is InChI=1S/C19H19NO4/c1-23-17-8-7-15-12-18(21)20(10-9-16(15)11-17)19(22)24-13-14-5-3-2-4-6-14/h2-8,11H,9-10,12-13H2,1H3. The average Bonchev–Trinajstić information content (AvgIpc) is 2.78. The van der Waals surface area contributed by atoms with Gasteiger partial charge in [0, 0.05) is 6.54 Å². The second kappa shape index (κ2) is 7.17. The van der Waals surface area contributed by atoms with E-state index in [9.17, 15) is 9.59 Å². The Morgan fingerprint density at radius 2 is 1.92 bits per heavy atom. The zero-order chi connectivity index (χ0) is 16.9. The van der Waals surface area contributed by atoms with Crippen molar-refractivity contribution in [3.05, 3.63) is 65.2 Å². The first-order valence-corrected chi connectivity index (χ1v) is 7.84. The summed E-state index contributed by atoms with van der Waals surface area (Å²) in [5.41, 5.74) is 2.85. The third kappa shape index (κ3) is 3.56. The van der Waals surface area contributed by atoms with E-state index in [1.165, 1.54) is 4.90 Å². The molecule has 0 saturated heterocycles. The number of carbonyl (C=O) groups excluding carboxylic acids is 2. The van der Waals surface area contributed by atoms with Crippen LogP contribution in [0.4, 0.5) is 4.79 Å². The molecule has 5 nitrogen and oxygen atoms in total. The Morgan fingerprint density at radius 1 is 1.12 bits per heavy atom. The highest BCUT2D eigenvalue weighted by Gasteiger charge is 2.27. The average molecular weight is 325 g/mol.